The highest BCUT2D eigenvalue weighted by atomic mass is 14.7. The van der Waals surface area contributed by atoms with Crippen LogP contribution in [0.25, 0.3) is 6.08 Å². The molecule has 0 aliphatic heterocycles. The fourth-order valence-corrected chi connectivity index (χ4v) is 4.66. The van der Waals surface area contributed by atoms with E-state index in [1.807, 2.05) is 0 Å². The van der Waals surface area contributed by atoms with Crippen LogP contribution in [0.4, 0.5) is 5.69 Å². The van der Waals surface area contributed by atoms with Gasteiger partial charge in [0.25, 0.3) is 0 Å². The van der Waals surface area contributed by atoms with Gasteiger partial charge in [-0.2, -0.15) is 0 Å². The molecule has 1 heteroatoms. The molecular formula is C31H45N. The minimum Gasteiger partial charge on any atom is -0.253 e. The molecule has 0 atom stereocenters. The van der Waals surface area contributed by atoms with Gasteiger partial charge < -0.3 is 0 Å². The van der Waals surface area contributed by atoms with E-state index in [-0.39, 0.29) is 0 Å². The summed E-state index contributed by atoms with van der Waals surface area (Å²) < 4.78 is 0. The Labute approximate surface area is 198 Å². The van der Waals surface area contributed by atoms with Crippen molar-refractivity contribution in [3.8, 4) is 0 Å². The molecule has 0 spiro atoms. The van der Waals surface area contributed by atoms with E-state index in [4.69, 9.17) is 4.99 Å². The summed E-state index contributed by atoms with van der Waals surface area (Å²) >= 11 is 0. The fraction of sp³-hybridized carbons (Fsp3) is 0.516. The first-order chi connectivity index (χ1) is 15.5. The van der Waals surface area contributed by atoms with Crippen molar-refractivity contribution < 1.29 is 0 Å². The van der Waals surface area contributed by atoms with E-state index >= 15 is 0 Å². The molecule has 2 aromatic rings. The fourth-order valence-electron chi connectivity index (χ4n) is 4.66. The molecule has 0 aliphatic rings. The lowest BCUT2D eigenvalue weighted by atomic mass is 9.92. The molecule has 1 nitrogen and oxygen atoms in total. The van der Waals surface area contributed by atoms with Crippen molar-refractivity contribution >= 4 is 17.5 Å². The third kappa shape index (κ3) is 7.19. The van der Waals surface area contributed by atoms with E-state index in [1.54, 1.807) is 0 Å². The molecule has 0 bridgehead atoms. The monoisotopic (exact) mass is 431 g/mol. The van der Waals surface area contributed by atoms with Crippen LogP contribution in [0.5, 0.6) is 0 Å². The van der Waals surface area contributed by atoms with Gasteiger partial charge in [-0.15, -0.1) is 0 Å². The zero-order valence-electron chi connectivity index (χ0n) is 21.8. The van der Waals surface area contributed by atoms with Crippen LogP contribution in [-0.4, -0.2) is 5.71 Å². The van der Waals surface area contributed by atoms with E-state index in [0.29, 0.717) is 0 Å². The highest BCUT2D eigenvalue weighted by Crippen LogP contribution is 2.25. The van der Waals surface area contributed by atoms with Crippen molar-refractivity contribution in [2.45, 2.75) is 106 Å². The van der Waals surface area contributed by atoms with Crippen molar-refractivity contribution in [3.63, 3.8) is 0 Å². The van der Waals surface area contributed by atoms with Gasteiger partial charge >= 0.3 is 0 Å². The predicted octanol–water partition coefficient (Wildman–Crippen LogP) is 9.39. The second-order valence-corrected chi connectivity index (χ2v) is 9.08. The van der Waals surface area contributed by atoms with Gasteiger partial charge in [0.15, 0.2) is 0 Å². The molecule has 2 rings (SSSR count). The van der Waals surface area contributed by atoms with Gasteiger partial charge in [0, 0.05) is 5.71 Å². The number of unbranched alkanes of at least 4 members (excludes halogenated alkanes) is 2. The Kier molecular flexibility index (Phi) is 10.9. The number of nitrogens with zero attached hydrogens (tertiary/aromatic N) is 1. The summed E-state index contributed by atoms with van der Waals surface area (Å²) in [5.74, 6) is 0. The van der Waals surface area contributed by atoms with E-state index in [1.165, 1.54) is 76.8 Å². The normalized spacial score (nSPS) is 12.5. The summed E-state index contributed by atoms with van der Waals surface area (Å²) in [6, 6.07) is 11.6. The minimum absolute atomic E-state index is 0.941. The molecule has 0 unspecified atom stereocenters. The third-order valence-electron chi connectivity index (χ3n) is 6.55. The third-order valence-corrected chi connectivity index (χ3v) is 6.55. The van der Waals surface area contributed by atoms with Crippen molar-refractivity contribution in [1.82, 2.24) is 0 Å². The molecule has 0 fully saturated rings. The van der Waals surface area contributed by atoms with Crippen molar-refractivity contribution in [2.75, 3.05) is 0 Å². The Bertz CT molecular complexity index is 930. The van der Waals surface area contributed by atoms with E-state index < -0.39 is 0 Å². The molecule has 0 N–H and O–H groups in total. The average molecular weight is 432 g/mol. The topological polar surface area (TPSA) is 12.4 Å². The maximum atomic E-state index is 5.09. The van der Waals surface area contributed by atoms with Gasteiger partial charge in [-0.05, 0) is 110 Å². The summed E-state index contributed by atoms with van der Waals surface area (Å²) in [6.07, 6.45) is 12.8. The number of hydrogen-bond acceptors (Lipinski definition) is 1. The summed E-state index contributed by atoms with van der Waals surface area (Å²) in [6.45, 7) is 15.8. The standard InChI is InChI=1S/C31H45N/c1-8-13-15-27-22-29(18-17-26(27)10-3)32-31(12-5)24(7)20-25-19-23(6)30(11-4)28(21-25)16-14-9-2/h17-22H,8-16H2,1-7H3. The summed E-state index contributed by atoms with van der Waals surface area (Å²) in [4.78, 5) is 5.09. The molecule has 0 heterocycles. The highest BCUT2D eigenvalue weighted by Gasteiger charge is 2.08. The van der Waals surface area contributed by atoms with Gasteiger partial charge in [0.1, 0.15) is 0 Å². The van der Waals surface area contributed by atoms with E-state index in [2.05, 4.69) is 84.9 Å². The van der Waals surface area contributed by atoms with Crippen LogP contribution in [-0.2, 0) is 25.7 Å². The molecule has 0 radical (unpaired) electrons. The Morgan fingerprint density at radius 3 is 2.09 bits per heavy atom. The summed E-state index contributed by atoms with van der Waals surface area (Å²) in [7, 11) is 0. The van der Waals surface area contributed by atoms with Crippen LogP contribution in [0.1, 0.15) is 107 Å². The smallest absolute Gasteiger partial charge is 0.0636 e. The van der Waals surface area contributed by atoms with Crippen molar-refractivity contribution in [2.24, 2.45) is 4.99 Å². The highest BCUT2D eigenvalue weighted by molar-refractivity contribution is 6.04. The second-order valence-electron chi connectivity index (χ2n) is 9.08. The Balaban J connectivity index is 2.39. The van der Waals surface area contributed by atoms with Crippen molar-refractivity contribution in [1.29, 1.82) is 0 Å². The molecule has 32 heavy (non-hydrogen) atoms. The Morgan fingerprint density at radius 2 is 1.50 bits per heavy atom. The second kappa shape index (κ2) is 13.4. The first-order valence-electron chi connectivity index (χ1n) is 13.0. The summed E-state index contributed by atoms with van der Waals surface area (Å²) in [5.41, 5.74) is 12.3. The number of aliphatic imine (C=N–C) groups is 1. The maximum Gasteiger partial charge on any atom is 0.0636 e. The molecular weight excluding hydrogens is 386 g/mol. The van der Waals surface area contributed by atoms with Gasteiger partial charge in [-0.1, -0.05) is 71.7 Å². The van der Waals surface area contributed by atoms with Crippen LogP contribution in [0, 0.1) is 6.92 Å². The molecule has 174 valence electrons. The number of allylic oxidation sites excluding steroid dienone is 1. The van der Waals surface area contributed by atoms with Crippen molar-refractivity contribution in [3.05, 3.63) is 69.3 Å². The SMILES string of the molecule is CCCCc1cc(N=C(CC)C(C)=Cc2cc(C)c(CC)c(CCCC)c2)ccc1CC. The predicted molar refractivity (Wildman–Crippen MR) is 145 cm³/mol. The minimum atomic E-state index is 0.941. The lowest BCUT2D eigenvalue weighted by Crippen LogP contribution is -2.00. The van der Waals surface area contributed by atoms with Crippen LogP contribution >= 0.6 is 0 Å². The molecule has 0 amide bonds. The first kappa shape index (κ1) is 26.1. The lowest BCUT2D eigenvalue weighted by Gasteiger charge is -2.14. The summed E-state index contributed by atoms with van der Waals surface area (Å²) in [5, 5.41) is 0. The van der Waals surface area contributed by atoms with Gasteiger partial charge in [0.2, 0.25) is 0 Å². The Hall–Kier alpha value is -2.15. The number of rotatable bonds is 12. The van der Waals surface area contributed by atoms with Crippen LogP contribution in [0.3, 0.4) is 0 Å². The Morgan fingerprint density at radius 1 is 0.812 bits per heavy atom. The molecule has 0 aromatic heterocycles. The zero-order chi connectivity index (χ0) is 23.5. The lowest BCUT2D eigenvalue weighted by molar-refractivity contribution is 0.785. The quantitative estimate of drug-likeness (QED) is 0.297. The van der Waals surface area contributed by atoms with Crippen LogP contribution in [0.15, 0.2) is 40.9 Å². The number of hydrogen-bond donors (Lipinski definition) is 0. The van der Waals surface area contributed by atoms with Crippen LogP contribution < -0.4 is 0 Å². The number of aryl methyl sites for hydroxylation is 4. The van der Waals surface area contributed by atoms with Crippen LogP contribution in [0.2, 0.25) is 0 Å². The van der Waals surface area contributed by atoms with Gasteiger partial charge in [-0.25, -0.2) is 0 Å². The average Bonchev–Trinajstić information content (AvgIpc) is 2.79. The number of benzene rings is 2. The maximum absolute atomic E-state index is 5.09. The van der Waals surface area contributed by atoms with E-state index in [0.717, 1.165) is 31.4 Å². The largest absolute Gasteiger partial charge is 0.253 e. The molecule has 0 aliphatic carbocycles. The van der Waals surface area contributed by atoms with Gasteiger partial charge in [0.05, 0.1) is 5.69 Å². The zero-order valence-corrected chi connectivity index (χ0v) is 21.8. The van der Waals surface area contributed by atoms with E-state index in [9.17, 15) is 0 Å². The molecule has 2 aromatic carbocycles. The first-order valence-corrected chi connectivity index (χ1v) is 13.0. The van der Waals surface area contributed by atoms with Gasteiger partial charge in [-0.3, -0.25) is 4.99 Å². The molecule has 0 saturated heterocycles. The molecule has 0 saturated carbocycles.